The quantitative estimate of drug-likeness (QED) is 0.904. The van der Waals surface area contributed by atoms with Crippen molar-refractivity contribution in [3.8, 4) is 0 Å². The number of halogens is 2. The predicted octanol–water partition coefficient (Wildman–Crippen LogP) is 1.52. The number of aromatic nitrogens is 4. The van der Waals surface area contributed by atoms with Crippen molar-refractivity contribution in [2.75, 3.05) is 6.54 Å². The first-order valence-electron chi connectivity index (χ1n) is 7.06. The van der Waals surface area contributed by atoms with E-state index in [0.717, 1.165) is 48.8 Å². The molecule has 22 heavy (non-hydrogen) atoms. The summed E-state index contributed by atoms with van der Waals surface area (Å²) in [7, 11) is 0. The average molecular weight is 327 g/mol. The van der Waals surface area contributed by atoms with Crippen molar-refractivity contribution in [3.05, 3.63) is 28.2 Å². The molecule has 0 atom stereocenters. The topological polar surface area (TPSA) is 72.7 Å². The highest BCUT2D eigenvalue weighted by Crippen LogP contribution is 2.29. The van der Waals surface area contributed by atoms with E-state index in [1.54, 1.807) is 0 Å². The number of hydrogen-bond acceptors (Lipinski definition) is 5. The summed E-state index contributed by atoms with van der Waals surface area (Å²) in [4.78, 5) is 15.1. The van der Waals surface area contributed by atoms with E-state index in [9.17, 15) is 13.6 Å². The summed E-state index contributed by atoms with van der Waals surface area (Å²) < 4.78 is 29.7. The molecule has 0 unspecified atom stereocenters. The minimum Gasteiger partial charge on any atom is -0.350 e. The van der Waals surface area contributed by atoms with Crippen LogP contribution in [0.25, 0.3) is 0 Å². The number of alkyl halides is 2. The average Bonchev–Trinajstić information content (AvgIpc) is 3.17. The van der Waals surface area contributed by atoms with Crippen LogP contribution in [0.2, 0.25) is 0 Å². The van der Waals surface area contributed by atoms with Crippen molar-refractivity contribution in [1.82, 2.24) is 25.1 Å². The second kappa shape index (κ2) is 6.07. The fraction of sp³-hybridized carbons (Fsp3) is 0.538. The number of carbonyl (C=O) groups is 1. The maximum absolute atomic E-state index is 13.8. The smallest absolute Gasteiger partial charge is 0.350 e. The summed E-state index contributed by atoms with van der Waals surface area (Å²) >= 11 is 0.760. The lowest BCUT2D eigenvalue weighted by molar-refractivity contribution is -0.146. The number of rotatable bonds is 5. The lowest BCUT2D eigenvalue weighted by Gasteiger charge is -2.15. The maximum Gasteiger partial charge on any atom is 0.375 e. The van der Waals surface area contributed by atoms with Gasteiger partial charge in [-0.1, -0.05) is 0 Å². The molecule has 1 aliphatic rings. The molecule has 0 aliphatic carbocycles. The molecule has 1 N–H and O–H groups in total. The van der Waals surface area contributed by atoms with Gasteiger partial charge in [0.2, 0.25) is 0 Å². The van der Waals surface area contributed by atoms with Gasteiger partial charge in [0.25, 0.3) is 5.91 Å². The van der Waals surface area contributed by atoms with E-state index in [2.05, 4.69) is 20.5 Å². The van der Waals surface area contributed by atoms with E-state index in [0.29, 0.717) is 6.42 Å². The normalized spacial score (nSPS) is 14.6. The van der Waals surface area contributed by atoms with Crippen LogP contribution in [0.1, 0.15) is 29.5 Å². The lowest BCUT2D eigenvalue weighted by Crippen LogP contribution is -2.39. The number of amides is 1. The van der Waals surface area contributed by atoms with Crippen molar-refractivity contribution in [1.29, 1.82) is 0 Å². The number of carbonyl (C=O) groups excluding carboxylic acids is 1. The molecule has 2 aromatic rings. The Balaban J connectivity index is 1.57. The van der Waals surface area contributed by atoms with Gasteiger partial charge in [0.15, 0.2) is 5.01 Å². The van der Waals surface area contributed by atoms with Gasteiger partial charge >= 0.3 is 5.92 Å². The summed E-state index contributed by atoms with van der Waals surface area (Å²) in [5, 5.41) is 11.3. The minimum absolute atomic E-state index is 0.0952. The fourth-order valence-electron chi connectivity index (χ4n) is 2.43. The third-order valence-corrected chi connectivity index (χ3v) is 4.40. The Morgan fingerprint density at radius 1 is 1.41 bits per heavy atom. The number of thiazole rings is 1. The molecule has 1 amide bonds. The Labute approximate surface area is 129 Å². The molecule has 0 spiro atoms. The SMILES string of the molecule is O=C(NCCc1nnc2n1CCCC2)C(F)(F)c1nccs1. The van der Waals surface area contributed by atoms with Crippen molar-refractivity contribution in [2.45, 2.75) is 38.2 Å². The van der Waals surface area contributed by atoms with E-state index >= 15 is 0 Å². The van der Waals surface area contributed by atoms with E-state index < -0.39 is 16.8 Å². The molecule has 0 saturated heterocycles. The maximum atomic E-state index is 13.8. The van der Waals surface area contributed by atoms with Crippen LogP contribution in [0.4, 0.5) is 8.78 Å². The van der Waals surface area contributed by atoms with Crippen LogP contribution >= 0.6 is 11.3 Å². The first-order chi connectivity index (χ1) is 10.6. The summed E-state index contributed by atoms with van der Waals surface area (Å²) in [5.74, 6) is -3.27. The largest absolute Gasteiger partial charge is 0.375 e. The van der Waals surface area contributed by atoms with Crippen LogP contribution < -0.4 is 5.32 Å². The van der Waals surface area contributed by atoms with Crippen LogP contribution in [-0.2, 0) is 30.1 Å². The standard InChI is InChI=1S/C13H15F2N5OS/c14-13(15,12-17-6-8-22-12)11(21)16-5-4-10-19-18-9-3-1-2-7-20(9)10/h6,8H,1-5,7H2,(H,16,21). The molecule has 0 radical (unpaired) electrons. The predicted molar refractivity (Wildman–Crippen MR) is 75.7 cm³/mol. The van der Waals surface area contributed by atoms with Crippen LogP contribution in [0.15, 0.2) is 11.6 Å². The van der Waals surface area contributed by atoms with Gasteiger partial charge < -0.3 is 9.88 Å². The molecule has 6 nitrogen and oxygen atoms in total. The lowest BCUT2D eigenvalue weighted by atomic mass is 10.1. The number of nitrogens with one attached hydrogen (secondary N) is 1. The van der Waals surface area contributed by atoms with Gasteiger partial charge in [-0.15, -0.1) is 21.5 Å². The van der Waals surface area contributed by atoms with Gasteiger partial charge in [0.1, 0.15) is 11.6 Å². The summed E-state index contributed by atoms with van der Waals surface area (Å²) in [6, 6.07) is 0. The van der Waals surface area contributed by atoms with Gasteiger partial charge in [-0.2, -0.15) is 8.78 Å². The van der Waals surface area contributed by atoms with Crippen molar-refractivity contribution >= 4 is 17.2 Å². The molecule has 118 valence electrons. The minimum atomic E-state index is -3.60. The Morgan fingerprint density at radius 3 is 3.05 bits per heavy atom. The zero-order valence-electron chi connectivity index (χ0n) is 11.8. The third kappa shape index (κ3) is 2.85. The van der Waals surface area contributed by atoms with E-state index in [4.69, 9.17) is 0 Å². The molecule has 0 fully saturated rings. The van der Waals surface area contributed by atoms with Crippen molar-refractivity contribution < 1.29 is 13.6 Å². The molecule has 2 aromatic heterocycles. The van der Waals surface area contributed by atoms with Crippen molar-refractivity contribution in [2.24, 2.45) is 0 Å². The number of hydrogen-bond donors (Lipinski definition) is 1. The summed E-state index contributed by atoms with van der Waals surface area (Å²) in [6.45, 7) is 0.943. The highest BCUT2D eigenvalue weighted by atomic mass is 32.1. The summed E-state index contributed by atoms with van der Waals surface area (Å²) in [5.41, 5.74) is 0. The van der Waals surface area contributed by atoms with E-state index in [1.165, 1.54) is 11.6 Å². The van der Waals surface area contributed by atoms with E-state index in [1.807, 2.05) is 4.57 Å². The third-order valence-electron chi connectivity index (χ3n) is 3.56. The van der Waals surface area contributed by atoms with Crippen molar-refractivity contribution in [3.63, 3.8) is 0 Å². The molecule has 0 saturated carbocycles. The highest BCUT2D eigenvalue weighted by molar-refractivity contribution is 7.09. The van der Waals surface area contributed by atoms with Gasteiger partial charge in [0, 0.05) is 37.5 Å². The molecular formula is C13H15F2N5OS. The zero-order valence-corrected chi connectivity index (χ0v) is 12.6. The van der Waals surface area contributed by atoms with Gasteiger partial charge in [-0.05, 0) is 12.8 Å². The van der Waals surface area contributed by atoms with E-state index in [-0.39, 0.29) is 6.54 Å². The van der Waals surface area contributed by atoms with Gasteiger partial charge in [-0.3, -0.25) is 4.79 Å². The Bertz CT molecular complexity index is 655. The molecule has 0 aromatic carbocycles. The molecule has 3 rings (SSSR count). The molecule has 1 aliphatic heterocycles. The number of aryl methyl sites for hydroxylation is 1. The Kier molecular flexibility index (Phi) is 4.14. The molecule has 9 heteroatoms. The fourth-order valence-corrected chi connectivity index (χ4v) is 3.04. The molecule has 0 bridgehead atoms. The van der Waals surface area contributed by atoms with Crippen LogP contribution in [0.5, 0.6) is 0 Å². The highest BCUT2D eigenvalue weighted by Gasteiger charge is 2.43. The Hall–Kier alpha value is -1.90. The van der Waals surface area contributed by atoms with Gasteiger partial charge in [0.05, 0.1) is 0 Å². The second-order valence-electron chi connectivity index (χ2n) is 5.06. The first-order valence-corrected chi connectivity index (χ1v) is 7.94. The first kappa shape index (κ1) is 15.0. The van der Waals surface area contributed by atoms with Crippen LogP contribution in [-0.4, -0.2) is 32.2 Å². The second-order valence-corrected chi connectivity index (χ2v) is 5.95. The van der Waals surface area contributed by atoms with Crippen LogP contribution in [0.3, 0.4) is 0 Å². The number of fused-ring (bicyclic) bond motifs is 1. The molecule has 3 heterocycles. The zero-order chi connectivity index (χ0) is 15.6. The van der Waals surface area contributed by atoms with Crippen LogP contribution in [0, 0.1) is 0 Å². The Morgan fingerprint density at radius 2 is 2.27 bits per heavy atom. The summed E-state index contributed by atoms with van der Waals surface area (Å²) in [6.07, 6.45) is 4.68. The molecular weight excluding hydrogens is 312 g/mol. The monoisotopic (exact) mass is 327 g/mol. The number of nitrogens with zero attached hydrogens (tertiary/aromatic N) is 4. The van der Waals surface area contributed by atoms with Gasteiger partial charge in [-0.25, -0.2) is 4.98 Å².